The molecule has 0 saturated carbocycles. The Kier molecular flexibility index (Phi) is 2.76. The average Bonchev–Trinajstić information content (AvgIpc) is 2.13. The second-order valence-electron chi connectivity index (χ2n) is 3.24. The van der Waals surface area contributed by atoms with Crippen LogP contribution in [-0.2, 0) is 14.3 Å². The molecule has 0 fully saturated rings. The van der Waals surface area contributed by atoms with Crippen molar-refractivity contribution in [2.24, 2.45) is 5.41 Å². The molecule has 1 rings (SSSR count). The van der Waals surface area contributed by atoms with Gasteiger partial charge in [0.1, 0.15) is 5.41 Å². The molecule has 0 aromatic heterocycles. The molecular formula is C9H11ClO3. The first-order valence-corrected chi connectivity index (χ1v) is 4.39. The molecule has 0 spiro atoms. The van der Waals surface area contributed by atoms with Crippen LogP contribution in [0.25, 0.3) is 0 Å². The minimum Gasteiger partial charge on any atom is -0.468 e. The zero-order valence-corrected chi connectivity index (χ0v) is 8.35. The first-order valence-electron chi connectivity index (χ1n) is 4.01. The van der Waals surface area contributed by atoms with Crippen molar-refractivity contribution >= 4 is 23.4 Å². The lowest BCUT2D eigenvalue weighted by Crippen LogP contribution is -2.39. The van der Waals surface area contributed by atoms with E-state index in [2.05, 4.69) is 4.74 Å². The van der Waals surface area contributed by atoms with Crippen LogP contribution < -0.4 is 0 Å². The molecule has 3 nitrogen and oxygen atoms in total. The Morgan fingerprint density at radius 3 is 2.85 bits per heavy atom. The average molecular weight is 203 g/mol. The Hall–Kier alpha value is -0.830. The lowest BCUT2D eigenvalue weighted by atomic mass is 9.78. The van der Waals surface area contributed by atoms with Gasteiger partial charge in [0, 0.05) is 0 Å². The van der Waals surface area contributed by atoms with Gasteiger partial charge in [0.25, 0.3) is 0 Å². The highest BCUT2D eigenvalue weighted by molar-refractivity contribution is 6.44. The molecule has 0 heterocycles. The van der Waals surface area contributed by atoms with Crippen molar-refractivity contribution in [2.45, 2.75) is 19.8 Å². The number of hydrogen-bond acceptors (Lipinski definition) is 3. The summed E-state index contributed by atoms with van der Waals surface area (Å²) in [6.07, 6.45) is 2.74. The number of halogens is 1. The number of carbonyl (C=O) groups excluding carboxylic acids is 2. The topological polar surface area (TPSA) is 43.4 Å². The summed E-state index contributed by atoms with van der Waals surface area (Å²) < 4.78 is 4.57. The van der Waals surface area contributed by atoms with Crippen molar-refractivity contribution < 1.29 is 14.3 Å². The van der Waals surface area contributed by atoms with Gasteiger partial charge in [0.2, 0.25) is 0 Å². The summed E-state index contributed by atoms with van der Waals surface area (Å²) in [5.41, 5.74) is -1.08. The van der Waals surface area contributed by atoms with Gasteiger partial charge in [-0.05, 0) is 19.8 Å². The summed E-state index contributed by atoms with van der Waals surface area (Å²) in [5.74, 6) is -0.851. The summed E-state index contributed by atoms with van der Waals surface area (Å²) in [4.78, 5) is 22.9. The standard InChI is InChI=1S/C9H11ClO3/c1-9(8(12)13-2)5-3-4-6(10)7(9)11/h4H,3,5H2,1-2H3. The molecule has 0 aliphatic heterocycles. The van der Waals surface area contributed by atoms with E-state index < -0.39 is 11.4 Å². The molecule has 1 aliphatic rings. The molecule has 1 unspecified atom stereocenters. The van der Waals surface area contributed by atoms with Crippen LogP contribution in [0.2, 0.25) is 0 Å². The summed E-state index contributed by atoms with van der Waals surface area (Å²) in [6, 6.07) is 0. The first kappa shape index (κ1) is 10.3. The summed E-state index contributed by atoms with van der Waals surface area (Å²) in [6.45, 7) is 1.57. The monoisotopic (exact) mass is 202 g/mol. The van der Waals surface area contributed by atoms with Crippen LogP contribution in [0.5, 0.6) is 0 Å². The zero-order valence-electron chi connectivity index (χ0n) is 7.59. The van der Waals surface area contributed by atoms with E-state index in [1.807, 2.05) is 0 Å². The van der Waals surface area contributed by atoms with E-state index in [9.17, 15) is 9.59 Å². The number of esters is 1. The van der Waals surface area contributed by atoms with Crippen LogP contribution >= 0.6 is 11.6 Å². The number of Topliss-reactive ketones (excluding diaryl/α,β-unsaturated/α-hetero) is 1. The predicted molar refractivity (Wildman–Crippen MR) is 48.3 cm³/mol. The van der Waals surface area contributed by atoms with Crippen molar-refractivity contribution in [3.8, 4) is 0 Å². The van der Waals surface area contributed by atoms with Crippen LogP contribution in [0.1, 0.15) is 19.8 Å². The summed E-state index contributed by atoms with van der Waals surface area (Å²) >= 11 is 5.66. The number of allylic oxidation sites excluding steroid dienone is 2. The zero-order chi connectivity index (χ0) is 10.1. The van der Waals surface area contributed by atoms with Crippen molar-refractivity contribution in [1.82, 2.24) is 0 Å². The Morgan fingerprint density at radius 1 is 1.69 bits per heavy atom. The molecule has 0 aromatic rings. The Labute approximate surface area is 81.7 Å². The van der Waals surface area contributed by atoms with Gasteiger partial charge in [-0.3, -0.25) is 9.59 Å². The molecule has 1 aliphatic carbocycles. The van der Waals surface area contributed by atoms with Crippen molar-refractivity contribution in [2.75, 3.05) is 7.11 Å². The van der Waals surface area contributed by atoms with Crippen LogP contribution in [0.15, 0.2) is 11.1 Å². The van der Waals surface area contributed by atoms with E-state index in [1.165, 1.54) is 7.11 Å². The maximum absolute atomic E-state index is 11.5. The highest BCUT2D eigenvalue weighted by atomic mass is 35.5. The fourth-order valence-corrected chi connectivity index (χ4v) is 1.70. The smallest absolute Gasteiger partial charge is 0.319 e. The number of ketones is 1. The highest BCUT2D eigenvalue weighted by Gasteiger charge is 2.44. The molecule has 0 aromatic carbocycles. The van der Waals surface area contributed by atoms with E-state index in [0.717, 1.165) is 0 Å². The molecule has 0 saturated heterocycles. The number of methoxy groups -OCH3 is 1. The van der Waals surface area contributed by atoms with E-state index in [0.29, 0.717) is 12.8 Å². The van der Waals surface area contributed by atoms with Gasteiger partial charge in [-0.2, -0.15) is 0 Å². The van der Waals surface area contributed by atoms with Gasteiger partial charge in [0.05, 0.1) is 12.1 Å². The van der Waals surface area contributed by atoms with Gasteiger partial charge >= 0.3 is 5.97 Å². The van der Waals surface area contributed by atoms with E-state index >= 15 is 0 Å². The third-order valence-electron chi connectivity index (χ3n) is 2.32. The molecule has 4 heteroatoms. The second kappa shape index (κ2) is 3.50. The number of carbonyl (C=O) groups is 2. The van der Waals surface area contributed by atoms with Crippen molar-refractivity contribution in [3.05, 3.63) is 11.1 Å². The van der Waals surface area contributed by atoms with Crippen molar-refractivity contribution in [3.63, 3.8) is 0 Å². The first-order chi connectivity index (χ1) is 6.02. The van der Waals surface area contributed by atoms with E-state index in [1.54, 1.807) is 13.0 Å². The Balaban J connectivity index is 2.99. The maximum Gasteiger partial charge on any atom is 0.319 e. The molecule has 1 atom stereocenters. The molecule has 13 heavy (non-hydrogen) atoms. The van der Waals surface area contributed by atoms with Gasteiger partial charge in [0.15, 0.2) is 5.78 Å². The normalized spacial score (nSPS) is 28.2. The summed E-state index contributed by atoms with van der Waals surface area (Å²) in [5, 5.41) is 0.138. The minimum atomic E-state index is -1.08. The Bertz CT molecular complexity index is 283. The molecule has 0 bridgehead atoms. The quantitative estimate of drug-likeness (QED) is 0.480. The van der Waals surface area contributed by atoms with E-state index in [4.69, 9.17) is 11.6 Å². The Morgan fingerprint density at radius 2 is 2.31 bits per heavy atom. The van der Waals surface area contributed by atoms with Crippen molar-refractivity contribution in [1.29, 1.82) is 0 Å². The third-order valence-corrected chi connectivity index (χ3v) is 2.65. The van der Waals surface area contributed by atoms with Crippen LogP contribution in [-0.4, -0.2) is 18.9 Å². The number of hydrogen-bond donors (Lipinski definition) is 0. The number of rotatable bonds is 1. The maximum atomic E-state index is 11.5. The lowest BCUT2D eigenvalue weighted by molar-refractivity contribution is -0.156. The van der Waals surface area contributed by atoms with Gasteiger partial charge in [-0.15, -0.1) is 0 Å². The van der Waals surface area contributed by atoms with E-state index in [-0.39, 0.29) is 10.8 Å². The largest absolute Gasteiger partial charge is 0.468 e. The van der Waals surface area contributed by atoms with Crippen LogP contribution in [0.3, 0.4) is 0 Å². The van der Waals surface area contributed by atoms with Gasteiger partial charge < -0.3 is 4.74 Å². The third kappa shape index (κ3) is 1.61. The predicted octanol–water partition coefficient (Wildman–Crippen LogP) is 1.65. The highest BCUT2D eigenvalue weighted by Crippen LogP contribution is 2.34. The minimum absolute atomic E-state index is 0.138. The summed E-state index contributed by atoms with van der Waals surface area (Å²) in [7, 11) is 1.27. The van der Waals surface area contributed by atoms with Gasteiger partial charge in [-0.1, -0.05) is 17.7 Å². The van der Waals surface area contributed by atoms with Crippen LogP contribution in [0, 0.1) is 5.41 Å². The molecule has 0 amide bonds. The molecular weight excluding hydrogens is 192 g/mol. The van der Waals surface area contributed by atoms with Crippen LogP contribution in [0.4, 0.5) is 0 Å². The number of ether oxygens (including phenoxy) is 1. The van der Waals surface area contributed by atoms with Gasteiger partial charge in [-0.25, -0.2) is 0 Å². The molecule has 0 N–H and O–H groups in total. The lowest BCUT2D eigenvalue weighted by Gasteiger charge is -2.27. The fraction of sp³-hybridized carbons (Fsp3) is 0.556. The molecule has 72 valence electrons. The SMILES string of the molecule is COC(=O)C1(C)CCC=C(Cl)C1=O. The fourth-order valence-electron chi connectivity index (χ4n) is 1.38. The second-order valence-corrected chi connectivity index (χ2v) is 3.65. The molecule has 0 radical (unpaired) electrons.